The number of fused-ring (bicyclic) bond motifs is 8. The summed E-state index contributed by atoms with van der Waals surface area (Å²) in [6.45, 7) is 26.9. The number of ether oxygens (including phenoxy) is 6. The second-order valence-corrected chi connectivity index (χ2v) is 24.4. The van der Waals surface area contributed by atoms with Gasteiger partial charge in [-0.1, -0.05) is 155 Å². The molecule has 2 N–H and O–H groups in total. The van der Waals surface area contributed by atoms with E-state index in [9.17, 15) is 10.2 Å². The Bertz CT molecular complexity index is 2960. The molecule has 0 saturated carbocycles. The van der Waals surface area contributed by atoms with Gasteiger partial charge in [0, 0.05) is 37.8 Å². The average molecular weight is 1050 g/mol. The van der Waals surface area contributed by atoms with Gasteiger partial charge in [0.2, 0.25) is 0 Å². The largest absolute Gasteiger partial charge is 0.507 e. The van der Waals surface area contributed by atoms with Crippen molar-refractivity contribution < 1.29 is 38.6 Å². The molecule has 0 atom stereocenters. The maximum atomic E-state index is 12.9. The minimum absolute atomic E-state index is 0.0694. The third-order valence-corrected chi connectivity index (χ3v) is 13.9. The van der Waals surface area contributed by atoms with E-state index in [1.807, 2.05) is 24.3 Å². The number of rotatable bonds is 14. The first-order valence-electron chi connectivity index (χ1n) is 26.6. The van der Waals surface area contributed by atoms with Gasteiger partial charge < -0.3 is 38.6 Å². The van der Waals surface area contributed by atoms with E-state index in [1.54, 1.807) is 12.1 Å². The van der Waals surface area contributed by atoms with Gasteiger partial charge in [-0.05, 0) is 124 Å². The quantitative estimate of drug-likeness (QED) is 0.104. The smallest absolute Gasteiger partial charge is 0.148 e. The molecule has 0 amide bonds. The zero-order valence-corrected chi connectivity index (χ0v) is 47.8. The Morgan fingerprint density at radius 3 is 0.756 bits per heavy atom. The Morgan fingerprint density at radius 2 is 0.551 bits per heavy atom. The molecule has 0 aromatic heterocycles. The summed E-state index contributed by atoms with van der Waals surface area (Å²) in [6.07, 6.45) is 23.7. The Kier molecular flexibility index (Phi) is 17.5. The van der Waals surface area contributed by atoms with Crippen LogP contribution in [0, 0.1) is 49.4 Å². The van der Waals surface area contributed by atoms with Crippen LogP contribution in [0.3, 0.4) is 0 Å². The van der Waals surface area contributed by atoms with E-state index >= 15 is 0 Å². The van der Waals surface area contributed by atoms with Crippen molar-refractivity contribution in [3.63, 3.8) is 0 Å². The third-order valence-electron chi connectivity index (χ3n) is 13.9. The predicted molar refractivity (Wildman–Crippen MR) is 314 cm³/mol. The molecule has 8 bridgehead atoms. The summed E-state index contributed by atoms with van der Waals surface area (Å²) in [6, 6.07) is 28.4. The molecule has 0 unspecified atom stereocenters. The van der Waals surface area contributed by atoms with Gasteiger partial charge in [0.1, 0.15) is 85.6 Å². The molecule has 7 rings (SSSR count). The van der Waals surface area contributed by atoms with Gasteiger partial charge >= 0.3 is 0 Å². The molecule has 0 fully saturated rings. The van der Waals surface area contributed by atoms with Gasteiger partial charge in [-0.3, -0.25) is 0 Å². The highest BCUT2D eigenvalue weighted by atomic mass is 16.5. The summed E-state index contributed by atoms with van der Waals surface area (Å²) in [5, 5.41) is 25.8. The SMILES string of the molecule is C#CCOc1cc(COc2c3cc(C(C)(C)C)cc2Cc2cc(C(C)(C)C)cc(c2O)Cc2cc(C(C)(C)C)cc(c2OCc2cc(OCC#C)cc(OCC#C)c2)Cc2cc(C(C)(C)C)cc(c2O)C3)cc(OCC#C)c1. The van der Waals surface area contributed by atoms with Crippen molar-refractivity contribution in [3.8, 4) is 95.4 Å². The van der Waals surface area contributed by atoms with Crippen LogP contribution in [0.15, 0.2) is 84.9 Å². The van der Waals surface area contributed by atoms with E-state index in [0.29, 0.717) is 60.2 Å². The lowest BCUT2D eigenvalue weighted by molar-refractivity contribution is 0.296. The van der Waals surface area contributed by atoms with Crippen LogP contribution in [0.2, 0.25) is 0 Å². The van der Waals surface area contributed by atoms with E-state index in [-0.39, 0.29) is 72.8 Å². The first kappa shape index (κ1) is 57.7. The highest BCUT2D eigenvalue weighted by Gasteiger charge is 2.29. The fraction of sp³-hybridized carbons (Fsp3) is 0.371. The van der Waals surface area contributed by atoms with Crippen molar-refractivity contribution in [3.05, 3.63) is 163 Å². The summed E-state index contributed by atoms with van der Waals surface area (Å²) in [7, 11) is 0. The lowest BCUT2D eigenvalue weighted by Gasteiger charge is -2.28. The molecular formula is C70H76O8. The summed E-state index contributed by atoms with van der Waals surface area (Å²) in [5.74, 6) is 13.9. The monoisotopic (exact) mass is 1040 g/mol. The maximum Gasteiger partial charge on any atom is 0.148 e. The van der Waals surface area contributed by atoms with E-state index in [0.717, 1.165) is 77.9 Å². The molecular weight excluding hydrogens is 969 g/mol. The molecule has 6 aromatic carbocycles. The molecule has 0 radical (unpaired) electrons. The van der Waals surface area contributed by atoms with Crippen LogP contribution in [-0.4, -0.2) is 36.6 Å². The Hall–Kier alpha value is -8.04. The molecule has 0 spiro atoms. The second-order valence-electron chi connectivity index (χ2n) is 24.4. The van der Waals surface area contributed by atoms with Crippen LogP contribution in [-0.2, 0) is 60.6 Å². The van der Waals surface area contributed by atoms with Gasteiger partial charge in [-0.25, -0.2) is 0 Å². The normalized spacial score (nSPS) is 12.5. The maximum absolute atomic E-state index is 12.9. The summed E-state index contributed by atoms with van der Waals surface area (Å²) >= 11 is 0. The van der Waals surface area contributed by atoms with Crippen LogP contribution >= 0.6 is 0 Å². The molecule has 8 heteroatoms. The topological polar surface area (TPSA) is 95.8 Å². The molecule has 404 valence electrons. The van der Waals surface area contributed by atoms with Crippen LogP contribution in [0.1, 0.15) is 161 Å². The van der Waals surface area contributed by atoms with Crippen molar-refractivity contribution in [2.45, 2.75) is 144 Å². The number of phenols is 2. The van der Waals surface area contributed by atoms with E-state index in [1.165, 1.54) is 0 Å². The fourth-order valence-corrected chi connectivity index (χ4v) is 9.59. The molecule has 0 saturated heterocycles. The number of terminal acetylenes is 4. The standard InChI is InChI=1S/C70H76O8/c1-17-21-73-59-25-45(26-60(41-59)74-22-18-2)43-77-65-51-29-47-33-55(67(5,6)7)35-49(63(47)71)31-53-39-58(70(14,15)16)40-54(66(53)78-44-46-27-61(75-23-19-3)42-62(28-46)76-24-20-4)32-50-36-56(68(8,9)10)34-48(64(50)72)30-52(65)38-57(37-51)69(11,12)13/h1-4,25-28,33-42,71-72H,21-24,29-32,43-44H2,5-16H3. The highest BCUT2D eigenvalue weighted by molar-refractivity contribution is 5.60. The molecule has 0 heterocycles. The van der Waals surface area contributed by atoms with Crippen molar-refractivity contribution in [2.24, 2.45) is 0 Å². The number of aromatic hydroxyl groups is 2. The third kappa shape index (κ3) is 14.3. The van der Waals surface area contributed by atoms with E-state index in [2.05, 4.69) is 155 Å². The molecule has 78 heavy (non-hydrogen) atoms. The minimum Gasteiger partial charge on any atom is -0.507 e. The number of hydrogen-bond donors (Lipinski definition) is 2. The van der Waals surface area contributed by atoms with Crippen molar-refractivity contribution in [2.75, 3.05) is 26.4 Å². The predicted octanol–water partition coefficient (Wildman–Crippen LogP) is 14.2. The van der Waals surface area contributed by atoms with Crippen LogP contribution in [0.4, 0.5) is 0 Å². The first-order valence-corrected chi connectivity index (χ1v) is 26.6. The Labute approximate surface area is 464 Å². The minimum atomic E-state index is -0.296. The molecule has 6 aromatic rings. The fourth-order valence-electron chi connectivity index (χ4n) is 9.59. The Morgan fingerprint density at radius 1 is 0.333 bits per heavy atom. The van der Waals surface area contributed by atoms with E-state index in [4.69, 9.17) is 54.1 Å². The first-order chi connectivity index (χ1) is 36.8. The zero-order valence-electron chi connectivity index (χ0n) is 47.8. The highest BCUT2D eigenvalue weighted by Crippen LogP contribution is 2.44. The second kappa shape index (κ2) is 23.7. The van der Waals surface area contributed by atoms with Crippen molar-refractivity contribution >= 4 is 0 Å². The summed E-state index contributed by atoms with van der Waals surface area (Å²) < 4.78 is 37.8. The average Bonchev–Trinajstić information content (AvgIpc) is 3.45. The molecule has 8 nitrogen and oxygen atoms in total. The van der Waals surface area contributed by atoms with Gasteiger partial charge in [0.25, 0.3) is 0 Å². The summed E-state index contributed by atoms with van der Waals surface area (Å²) in [4.78, 5) is 0. The Balaban J connectivity index is 1.51. The molecule has 1 aliphatic carbocycles. The number of hydrogen-bond acceptors (Lipinski definition) is 8. The van der Waals surface area contributed by atoms with Crippen molar-refractivity contribution in [1.29, 1.82) is 0 Å². The van der Waals surface area contributed by atoms with Gasteiger partial charge in [-0.2, -0.15) is 0 Å². The van der Waals surface area contributed by atoms with Crippen LogP contribution in [0.25, 0.3) is 0 Å². The lowest BCUT2D eigenvalue weighted by Crippen LogP contribution is -2.16. The van der Waals surface area contributed by atoms with Crippen LogP contribution < -0.4 is 28.4 Å². The van der Waals surface area contributed by atoms with Gasteiger partial charge in [0.05, 0.1) is 0 Å². The van der Waals surface area contributed by atoms with Gasteiger partial charge in [-0.15, -0.1) is 25.7 Å². The van der Waals surface area contributed by atoms with E-state index < -0.39 is 0 Å². The number of phenolic OH excluding ortho intramolecular Hbond substituents is 2. The zero-order chi connectivity index (χ0) is 56.7. The summed E-state index contributed by atoms with van der Waals surface area (Å²) in [5.41, 5.74) is 11.2. The van der Waals surface area contributed by atoms with Crippen molar-refractivity contribution in [1.82, 2.24) is 0 Å². The molecule has 1 aliphatic rings. The lowest BCUT2D eigenvalue weighted by atomic mass is 9.79. The van der Waals surface area contributed by atoms with Gasteiger partial charge in [0.15, 0.2) is 0 Å². The molecule has 0 aliphatic heterocycles. The number of benzene rings is 6. The van der Waals surface area contributed by atoms with Crippen LogP contribution in [0.5, 0.6) is 46.0 Å².